The minimum Gasteiger partial charge on any atom is -0.463 e. The van der Waals surface area contributed by atoms with Crippen LogP contribution in [0.2, 0.25) is 0 Å². The lowest BCUT2D eigenvalue weighted by molar-refractivity contribution is 0.0561. The van der Waals surface area contributed by atoms with Crippen molar-refractivity contribution in [3.05, 3.63) is 23.7 Å². The molecule has 4 nitrogen and oxygen atoms in total. The quantitative estimate of drug-likeness (QED) is 0.839. The Kier molecular flexibility index (Phi) is 4.07. The van der Waals surface area contributed by atoms with Crippen LogP contribution in [0.25, 0.3) is 0 Å². The first kappa shape index (κ1) is 13.1. The van der Waals surface area contributed by atoms with Crippen LogP contribution in [0.3, 0.4) is 0 Å². The maximum absolute atomic E-state index is 11.3. The Morgan fingerprint density at radius 2 is 2.06 bits per heavy atom. The van der Waals surface area contributed by atoms with Crippen LogP contribution in [-0.2, 0) is 4.74 Å². The molecule has 1 atom stereocenters. The SMILES string of the molecule is COC(=O)c1ccc(C(N)C2CCC(C)CC2)o1. The number of rotatable bonds is 3. The van der Waals surface area contributed by atoms with E-state index in [0.717, 1.165) is 18.8 Å². The smallest absolute Gasteiger partial charge is 0.373 e. The van der Waals surface area contributed by atoms with Gasteiger partial charge in [0.1, 0.15) is 5.76 Å². The van der Waals surface area contributed by atoms with Crippen molar-refractivity contribution in [3.8, 4) is 0 Å². The lowest BCUT2D eigenvalue weighted by Crippen LogP contribution is -2.25. The highest BCUT2D eigenvalue weighted by Gasteiger charge is 2.27. The normalized spacial score (nSPS) is 25.7. The molecule has 4 heteroatoms. The molecule has 1 aliphatic carbocycles. The largest absolute Gasteiger partial charge is 0.463 e. The average molecular weight is 251 g/mol. The molecule has 0 radical (unpaired) electrons. The Morgan fingerprint density at radius 3 is 2.67 bits per heavy atom. The van der Waals surface area contributed by atoms with Crippen molar-refractivity contribution in [2.75, 3.05) is 7.11 Å². The summed E-state index contributed by atoms with van der Waals surface area (Å²) < 4.78 is 10.1. The second kappa shape index (κ2) is 5.57. The predicted molar refractivity (Wildman–Crippen MR) is 68.1 cm³/mol. The van der Waals surface area contributed by atoms with Gasteiger partial charge in [-0.25, -0.2) is 4.79 Å². The standard InChI is InChI=1S/C14H21NO3/c1-9-3-5-10(6-4-9)13(15)11-7-8-12(18-11)14(16)17-2/h7-10,13H,3-6,15H2,1-2H3. The van der Waals surface area contributed by atoms with Gasteiger partial charge in [0.25, 0.3) is 0 Å². The summed E-state index contributed by atoms with van der Waals surface area (Å²) in [6.07, 6.45) is 4.72. The summed E-state index contributed by atoms with van der Waals surface area (Å²) >= 11 is 0. The maximum atomic E-state index is 11.3. The van der Waals surface area contributed by atoms with Gasteiger partial charge in [0.15, 0.2) is 0 Å². The van der Waals surface area contributed by atoms with E-state index >= 15 is 0 Å². The number of hydrogen-bond acceptors (Lipinski definition) is 4. The second-order valence-corrected chi connectivity index (χ2v) is 5.24. The van der Waals surface area contributed by atoms with E-state index in [0.29, 0.717) is 11.7 Å². The molecule has 0 spiro atoms. The summed E-state index contributed by atoms with van der Waals surface area (Å²) in [6, 6.07) is 3.30. The molecule has 0 bridgehead atoms. The molecule has 0 saturated heterocycles. The van der Waals surface area contributed by atoms with E-state index in [1.54, 1.807) is 12.1 Å². The maximum Gasteiger partial charge on any atom is 0.373 e. The van der Waals surface area contributed by atoms with Gasteiger partial charge >= 0.3 is 5.97 Å². The highest BCUT2D eigenvalue weighted by molar-refractivity contribution is 5.86. The van der Waals surface area contributed by atoms with E-state index in [9.17, 15) is 4.79 Å². The summed E-state index contributed by atoms with van der Waals surface area (Å²) in [7, 11) is 1.34. The molecular formula is C14H21NO3. The number of ether oxygens (including phenoxy) is 1. The number of esters is 1. The van der Waals surface area contributed by atoms with Crippen molar-refractivity contribution in [2.45, 2.75) is 38.6 Å². The van der Waals surface area contributed by atoms with E-state index in [1.165, 1.54) is 20.0 Å². The zero-order valence-corrected chi connectivity index (χ0v) is 11.0. The minimum atomic E-state index is -0.453. The fourth-order valence-corrected chi connectivity index (χ4v) is 2.62. The molecule has 0 amide bonds. The van der Waals surface area contributed by atoms with Gasteiger partial charge < -0.3 is 14.9 Å². The summed E-state index contributed by atoms with van der Waals surface area (Å²) in [5.74, 6) is 1.72. The summed E-state index contributed by atoms with van der Waals surface area (Å²) in [4.78, 5) is 11.3. The van der Waals surface area contributed by atoms with Gasteiger partial charge in [0.2, 0.25) is 5.76 Å². The van der Waals surface area contributed by atoms with Crippen molar-refractivity contribution < 1.29 is 13.9 Å². The van der Waals surface area contributed by atoms with Crippen LogP contribution in [0.5, 0.6) is 0 Å². The van der Waals surface area contributed by atoms with Crippen molar-refractivity contribution in [1.82, 2.24) is 0 Å². The number of nitrogens with two attached hydrogens (primary N) is 1. The third-order valence-corrected chi connectivity index (χ3v) is 3.91. The number of methoxy groups -OCH3 is 1. The Morgan fingerprint density at radius 1 is 1.39 bits per heavy atom. The van der Waals surface area contributed by atoms with E-state index in [4.69, 9.17) is 10.2 Å². The van der Waals surface area contributed by atoms with Crippen LogP contribution in [0.4, 0.5) is 0 Å². The van der Waals surface area contributed by atoms with E-state index in [1.807, 2.05) is 0 Å². The van der Waals surface area contributed by atoms with Crippen LogP contribution in [-0.4, -0.2) is 13.1 Å². The van der Waals surface area contributed by atoms with Crippen molar-refractivity contribution in [3.63, 3.8) is 0 Å². The van der Waals surface area contributed by atoms with E-state index in [2.05, 4.69) is 11.7 Å². The van der Waals surface area contributed by atoms with Crippen molar-refractivity contribution in [1.29, 1.82) is 0 Å². The lowest BCUT2D eigenvalue weighted by atomic mass is 9.79. The van der Waals surface area contributed by atoms with Gasteiger partial charge in [-0.2, -0.15) is 0 Å². The molecule has 1 saturated carbocycles. The zero-order chi connectivity index (χ0) is 13.1. The molecule has 18 heavy (non-hydrogen) atoms. The Hall–Kier alpha value is -1.29. The fraction of sp³-hybridized carbons (Fsp3) is 0.643. The topological polar surface area (TPSA) is 65.5 Å². The first-order valence-corrected chi connectivity index (χ1v) is 6.55. The number of hydrogen-bond donors (Lipinski definition) is 1. The van der Waals surface area contributed by atoms with Gasteiger partial charge in [0.05, 0.1) is 13.2 Å². The highest BCUT2D eigenvalue weighted by atomic mass is 16.5. The van der Waals surface area contributed by atoms with E-state index < -0.39 is 5.97 Å². The van der Waals surface area contributed by atoms with Crippen LogP contribution in [0, 0.1) is 11.8 Å². The molecule has 0 aromatic carbocycles. The third kappa shape index (κ3) is 2.75. The van der Waals surface area contributed by atoms with Gasteiger partial charge in [-0.3, -0.25) is 0 Å². The summed E-state index contributed by atoms with van der Waals surface area (Å²) in [5.41, 5.74) is 6.22. The molecule has 0 aliphatic heterocycles. The predicted octanol–water partition coefficient (Wildman–Crippen LogP) is 2.89. The molecule has 100 valence electrons. The second-order valence-electron chi connectivity index (χ2n) is 5.24. The van der Waals surface area contributed by atoms with Crippen LogP contribution in [0.1, 0.15) is 55.0 Å². The zero-order valence-electron chi connectivity index (χ0n) is 11.0. The molecule has 1 aliphatic rings. The molecule has 1 aromatic heterocycles. The van der Waals surface area contributed by atoms with Crippen molar-refractivity contribution in [2.24, 2.45) is 17.6 Å². The Labute approximate surface area is 107 Å². The van der Waals surface area contributed by atoms with Crippen LogP contribution >= 0.6 is 0 Å². The van der Waals surface area contributed by atoms with Crippen LogP contribution in [0.15, 0.2) is 16.5 Å². The first-order valence-electron chi connectivity index (χ1n) is 6.55. The number of carbonyl (C=O) groups excluding carboxylic acids is 1. The first-order chi connectivity index (χ1) is 8.61. The molecule has 1 fully saturated rings. The highest BCUT2D eigenvalue weighted by Crippen LogP contribution is 2.35. The minimum absolute atomic E-state index is 0.115. The average Bonchev–Trinajstić information content (AvgIpc) is 2.87. The Bertz CT molecular complexity index is 405. The third-order valence-electron chi connectivity index (χ3n) is 3.91. The van der Waals surface area contributed by atoms with Crippen molar-refractivity contribution >= 4 is 5.97 Å². The number of furan rings is 1. The van der Waals surface area contributed by atoms with Gasteiger partial charge in [-0.15, -0.1) is 0 Å². The fourth-order valence-electron chi connectivity index (χ4n) is 2.62. The summed E-state index contributed by atoms with van der Waals surface area (Å²) in [6.45, 7) is 2.28. The van der Waals surface area contributed by atoms with Gasteiger partial charge in [-0.05, 0) is 36.8 Å². The van der Waals surface area contributed by atoms with Crippen LogP contribution < -0.4 is 5.73 Å². The monoisotopic (exact) mass is 251 g/mol. The van der Waals surface area contributed by atoms with E-state index in [-0.39, 0.29) is 11.8 Å². The molecular weight excluding hydrogens is 230 g/mol. The summed E-state index contributed by atoms with van der Waals surface area (Å²) in [5, 5.41) is 0. The number of carbonyl (C=O) groups is 1. The molecule has 2 rings (SSSR count). The molecule has 1 heterocycles. The van der Waals surface area contributed by atoms with Gasteiger partial charge in [0, 0.05) is 0 Å². The lowest BCUT2D eigenvalue weighted by Gasteiger charge is -2.29. The molecule has 2 N–H and O–H groups in total. The Balaban J connectivity index is 2.02. The molecule has 1 aromatic rings. The molecule has 1 unspecified atom stereocenters. The van der Waals surface area contributed by atoms with Gasteiger partial charge in [-0.1, -0.05) is 19.8 Å².